The van der Waals surface area contributed by atoms with Crippen LogP contribution in [0.1, 0.15) is 48.5 Å². The molecule has 2 rings (SSSR count). The minimum Gasteiger partial charge on any atom is -0.300 e. The summed E-state index contributed by atoms with van der Waals surface area (Å²) >= 11 is 0. The number of Topliss-reactive ketones (excluding diaryl/α,β-unsaturated/α-hetero) is 1. The van der Waals surface area contributed by atoms with Crippen LogP contribution >= 0.6 is 0 Å². The molecule has 18 heavy (non-hydrogen) atoms. The van der Waals surface area contributed by atoms with Crippen LogP contribution in [-0.4, -0.2) is 29.8 Å². The molecule has 98 valence electrons. The number of carbonyl (C=O) groups excluding carboxylic acids is 1. The number of piperidine rings is 1. The lowest BCUT2D eigenvalue weighted by Gasteiger charge is -2.33. The fraction of sp³-hybridized carbons (Fsp3) is 0.562. The van der Waals surface area contributed by atoms with Gasteiger partial charge in [0.25, 0.3) is 0 Å². The number of benzene rings is 1. The number of carbonyl (C=O) groups is 1. The minimum absolute atomic E-state index is 0.283. The smallest absolute Gasteiger partial charge is 0.164 e. The maximum absolute atomic E-state index is 12.2. The van der Waals surface area contributed by atoms with Gasteiger partial charge in [-0.2, -0.15) is 0 Å². The zero-order valence-corrected chi connectivity index (χ0v) is 11.5. The van der Waals surface area contributed by atoms with E-state index in [4.69, 9.17) is 0 Å². The maximum atomic E-state index is 12.2. The molecule has 0 amide bonds. The third kappa shape index (κ3) is 3.20. The van der Waals surface area contributed by atoms with E-state index in [1.54, 1.807) is 0 Å². The van der Waals surface area contributed by atoms with Crippen LogP contribution < -0.4 is 0 Å². The van der Waals surface area contributed by atoms with Gasteiger partial charge in [-0.05, 0) is 38.8 Å². The van der Waals surface area contributed by atoms with Gasteiger partial charge in [-0.25, -0.2) is 0 Å². The average Bonchev–Trinajstić information content (AvgIpc) is 2.38. The Bertz CT molecular complexity index is 413. The molecule has 1 unspecified atom stereocenters. The Morgan fingerprint density at radius 1 is 1.33 bits per heavy atom. The number of ketones is 1. The molecule has 1 heterocycles. The van der Waals surface area contributed by atoms with Gasteiger partial charge in [-0.15, -0.1) is 0 Å². The maximum Gasteiger partial charge on any atom is 0.164 e. The summed E-state index contributed by atoms with van der Waals surface area (Å²) in [5, 5.41) is 0. The number of rotatable bonds is 4. The van der Waals surface area contributed by atoms with Gasteiger partial charge in [0.2, 0.25) is 0 Å². The van der Waals surface area contributed by atoms with Crippen LogP contribution in [-0.2, 0) is 0 Å². The first-order valence-electron chi connectivity index (χ1n) is 7.01. The molecule has 1 aromatic carbocycles. The lowest BCUT2D eigenvalue weighted by molar-refractivity contribution is 0.0935. The molecular formula is C16H23NO. The van der Waals surface area contributed by atoms with Crippen LogP contribution in [0.25, 0.3) is 0 Å². The summed E-state index contributed by atoms with van der Waals surface area (Å²) in [7, 11) is 0. The molecule has 0 N–H and O–H groups in total. The number of aryl methyl sites for hydroxylation is 1. The third-order valence-corrected chi connectivity index (χ3v) is 4.01. The van der Waals surface area contributed by atoms with Crippen molar-refractivity contribution in [1.29, 1.82) is 0 Å². The van der Waals surface area contributed by atoms with Gasteiger partial charge in [-0.3, -0.25) is 4.79 Å². The van der Waals surface area contributed by atoms with E-state index in [1.807, 2.05) is 31.2 Å². The summed E-state index contributed by atoms with van der Waals surface area (Å²) in [6.45, 7) is 6.35. The van der Waals surface area contributed by atoms with Gasteiger partial charge in [0.05, 0.1) is 0 Å². The average molecular weight is 245 g/mol. The van der Waals surface area contributed by atoms with Gasteiger partial charge in [-0.1, -0.05) is 30.7 Å². The monoisotopic (exact) mass is 245 g/mol. The minimum atomic E-state index is 0.283. The van der Waals surface area contributed by atoms with Crippen molar-refractivity contribution in [1.82, 2.24) is 4.90 Å². The van der Waals surface area contributed by atoms with Crippen LogP contribution in [0.4, 0.5) is 0 Å². The molecule has 0 spiro atoms. The molecule has 0 radical (unpaired) electrons. The second-order valence-electron chi connectivity index (χ2n) is 5.37. The first-order valence-corrected chi connectivity index (χ1v) is 7.01. The van der Waals surface area contributed by atoms with Crippen molar-refractivity contribution >= 4 is 5.78 Å². The molecule has 0 bridgehead atoms. The van der Waals surface area contributed by atoms with Crippen molar-refractivity contribution < 1.29 is 4.79 Å². The van der Waals surface area contributed by atoms with Crippen molar-refractivity contribution in [2.24, 2.45) is 0 Å². The Morgan fingerprint density at radius 2 is 2.11 bits per heavy atom. The van der Waals surface area contributed by atoms with Crippen molar-refractivity contribution in [2.45, 2.75) is 45.6 Å². The van der Waals surface area contributed by atoms with Crippen LogP contribution in [0, 0.1) is 6.92 Å². The summed E-state index contributed by atoms with van der Waals surface area (Å²) in [5.74, 6) is 0.283. The zero-order valence-electron chi connectivity index (χ0n) is 11.5. The zero-order chi connectivity index (χ0) is 13.0. The Hall–Kier alpha value is -1.15. The topological polar surface area (TPSA) is 20.3 Å². The van der Waals surface area contributed by atoms with E-state index in [0.717, 1.165) is 24.2 Å². The lowest BCUT2D eigenvalue weighted by atomic mass is 10.0. The Labute approximate surface area is 110 Å². The van der Waals surface area contributed by atoms with Gasteiger partial charge in [0.15, 0.2) is 5.78 Å². The van der Waals surface area contributed by atoms with Crippen LogP contribution in [0.5, 0.6) is 0 Å². The normalized spacial score (nSPS) is 20.9. The van der Waals surface area contributed by atoms with Crippen molar-refractivity contribution in [3.63, 3.8) is 0 Å². The largest absolute Gasteiger partial charge is 0.300 e. The molecule has 1 fully saturated rings. The van der Waals surface area contributed by atoms with E-state index in [1.165, 1.54) is 19.3 Å². The standard InChI is InChI=1S/C16H23NO/c1-13-7-3-4-9-15(13)16(18)10-12-17-11-6-5-8-14(17)2/h3-4,7,9,14H,5-6,8,10-12H2,1-2H3. The molecule has 1 saturated heterocycles. The molecule has 1 aliphatic rings. The summed E-state index contributed by atoms with van der Waals surface area (Å²) in [5.41, 5.74) is 1.98. The van der Waals surface area contributed by atoms with Gasteiger partial charge in [0.1, 0.15) is 0 Å². The van der Waals surface area contributed by atoms with Crippen molar-refractivity contribution in [2.75, 3.05) is 13.1 Å². The highest BCUT2D eigenvalue weighted by Gasteiger charge is 2.19. The number of hydrogen-bond acceptors (Lipinski definition) is 2. The first-order chi connectivity index (χ1) is 8.68. The van der Waals surface area contributed by atoms with E-state index in [2.05, 4.69) is 11.8 Å². The van der Waals surface area contributed by atoms with Crippen molar-refractivity contribution in [3.8, 4) is 0 Å². The molecule has 2 heteroatoms. The highest BCUT2D eigenvalue weighted by Crippen LogP contribution is 2.17. The van der Waals surface area contributed by atoms with E-state index < -0.39 is 0 Å². The molecule has 1 aromatic rings. The molecule has 1 aliphatic heterocycles. The SMILES string of the molecule is Cc1ccccc1C(=O)CCN1CCCCC1C. The molecular weight excluding hydrogens is 222 g/mol. The molecule has 0 saturated carbocycles. The quantitative estimate of drug-likeness (QED) is 0.757. The third-order valence-electron chi connectivity index (χ3n) is 4.01. The second-order valence-corrected chi connectivity index (χ2v) is 5.37. The lowest BCUT2D eigenvalue weighted by Crippen LogP contribution is -2.38. The van der Waals surface area contributed by atoms with Crippen molar-refractivity contribution in [3.05, 3.63) is 35.4 Å². The molecule has 1 atom stereocenters. The summed E-state index contributed by atoms with van der Waals surface area (Å²) in [6.07, 6.45) is 4.54. The first kappa shape index (κ1) is 13.3. The molecule has 0 aliphatic carbocycles. The molecule has 2 nitrogen and oxygen atoms in total. The highest BCUT2D eigenvalue weighted by atomic mass is 16.1. The number of likely N-dealkylation sites (tertiary alicyclic amines) is 1. The van der Waals surface area contributed by atoms with E-state index >= 15 is 0 Å². The fourth-order valence-electron chi connectivity index (χ4n) is 2.76. The molecule has 0 aromatic heterocycles. The number of hydrogen-bond donors (Lipinski definition) is 0. The van der Waals surface area contributed by atoms with Crippen LogP contribution in [0.2, 0.25) is 0 Å². The van der Waals surface area contributed by atoms with Gasteiger partial charge >= 0.3 is 0 Å². The van der Waals surface area contributed by atoms with Gasteiger partial charge < -0.3 is 4.90 Å². The Balaban J connectivity index is 1.90. The van der Waals surface area contributed by atoms with E-state index in [0.29, 0.717) is 12.5 Å². The summed E-state index contributed by atoms with van der Waals surface area (Å²) in [6, 6.07) is 8.53. The predicted molar refractivity (Wildman–Crippen MR) is 75.0 cm³/mol. The van der Waals surface area contributed by atoms with Crippen LogP contribution in [0.15, 0.2) is 24.3 Å². The second kappa shape index (κ2) is 6.14. The van der Waals surface area contributed by atoms with Gasteiger partial charge in [0, 0.05) is 24.6 Å². The fourth-order valence-corrected chi connectivity index (χ4v) is 2.76. The van der Waals surface area contributed by atoms with E-state index in [9.17, 15) is 4.79 Å². The highest BCUT2D eigenvalue weighted by molar-refractivity contribution is 5.97. The Morgan fingerprint density at radius 3 is 2.83 bits per heavy atom. The Kier molecular flexibility index (Phi) is 4.54. The summed E-state index contributed by atoms with van der Waals surface area (Å²) in [4.78, 5) is 14.6. The predicted octanol–water partition coefficient (Wildman–Crippen LogP) is 3.44. The van der Waals surface area contributed by atoms with E-state index in [-0.39, 0.29) is 5.78 Å². The number of nitrogens with zero attached hydrogens (tertiary/aromatic N) is 1. The summed E-state index contributed by atoms with van der Waals surface area (Å²) < 4.78 is 0. The van der Waals surface area contributed by atoms with Crippen LogP contribution in [0.3, 0.4) is 0 Å².